The second kappa shape index (κ2) is 10.1. The number of aryl methyl sites for hydroxylation is 2. The average molecular weight is 485 g/mol. The van der Waals surface area contributed by atoms with E-state index in [2.05, 4.69) is 10.4 Å². The SMILES string of the molecule is CCCc1sc(C(=O)N[C@H](CN)Cc2ccccc2C(F)(F)F)cc1-c1c(Cl)cnn1C. The number of hydrogen-bond donors (Lipinski definition) is 2. The highest BCUT2D eigenvalue weighted by Gasteiger charge is 2.33. The minimum absolute atomic E-state index is 0.00550. The molecule has 5 nitrogen and oxygen atoms in total. The van der Waals surface area contributed by atoms with Crippen LogP contribution in [-0.4, -0.2) is 28.3 Å². The second-order valence-corrected chi connectivity index (χ2v) is 8.97. The number of benzene rings is 1. The van der Waals surface area contributed by atoms with E-state index in [1.807, 2.05) is 6.92 Å². The summed E-state index contributed by atoms with van der Waals surface area (Å²) in [5, 5.41) is 7.44. The molecular formula is C22H24ClF3N4OS. The minimum Gasteiger partial charge on any atom is -0.347 e. The predicted molar refractivity (Wildman–Crippen MR) is 121 cm³/mol. The van der Waals surface area contributed by atoms with E-state index < -0.39 is 17.8 Å². The summed E-state index contributed by atoms with van der Waals surface area (Å²) in [6.07, 6.45) is -1.31. The van der Waals surface area contributed by atoms with Crippen molar-refractivity contribution in [1.82, 2.24) is 15.1 Å². The summed E-state index contributed by atoms with van der Waals surface area (Å²) in [5.41, 5.74) is 6.71. The van der Waals surface area contributed by atoms with Gasteiger partial charge in [-0.3, -0.25) is 9.48 Å². The van der Waals surface area contributed by atoms with Crippen LogP contribution in [0.5, 0.6) is 0 Å². The predicted octanol–water partition coefficient (Wildman–Crippen LogP) is 5.07. The normalized spacial score (nSPS) is 12.7. The van der Waals surface area contributed by atoms with Crippen LogP contribution >= 0.6 is 22.9 Å². The molecule has 3 N–H and O–H groups in total. The maximum Gasteiger partial charge on any atom is 0.416 e. The number of nitrogens with zero attached hydrogens (tertiary/aromatic N) is 2. The molecule has 0 aliphatic heterocycles. The lowest BCUT2D eigenvalue weighted by atomic mass is 9.99. The third-order valence-corrected chi connectivity index (χ3v) is 6.54. The van der Waals surface area contributed by atoms with E-state index in [0.29, 0.717) is 9.90 Å². The van der Waals surface area contributed by atoms with E-state index in [1.54, 1.807) is 30.1 Å². The summed E-state index contributed by atoms with van der Waals surface area (Å²) in [4.78, 5) is 14.4. The van der Waals surface area contributed by atoms with Gasteiger partial charge in [-0.25, -0.2) is 0 Å². The van der Waals surface area contributed by atoms with Crippen molar-refractivity contribution in [2.45, 2.75) is 38.4 Å². The largest absolute Gasteiger partial charge is 0.416 e. The molecule has 0 radical (unpaired) electrons. The van der Waals surface area contributed by atoms with Crippen molar-refractivity contribution in [3.05, 3.63) is 62.4 Å². The van der Waals surface area contributed by atoms with E-state index in [9.17, 15) is 18.0 Å². The third kappa shape index (κ3) is 5.33. The molecule has 0 saturated carbocycles. The Morgan fingerprint density at radius 1 is 1.34 bits per heavy atom. The molecule has 0 fully saturated rings. The van der Waals surface area contributed by atoms with Crippen molar-refractivity contribution < 1.29 is 18.0 Å². The van der Waals surface area contributed by atoms with Gasteiger partial charge in [0.15, 0.2) is 0 Å². The number of nitrogens with two attached hydrogens (primary N) is 1. The van der Waals surface area contributed by atoms with Crippen LogP contribution < -0.4 is 11.1 Å². The molecule has 1 atom stereocenters. The number of carbonyl (C=O) groups is 1. The summed E-state index contributed by atoms with van der Waals surface area (Å²) in [6, 6.07) is 6.43. The molecule has 0 unspecified atom stereocenters. The van der Waals surface area contributed by atoms with Crippen LogP contribution in [-0.2, 0) is 26.1 Å². The quantitative estimate of drug-likeness (QED) is 0.468. The molecule has 2 aromatic heterocycles. The first-order valence-electron chi connectivity index (χ1n) is 10.1. The first-order valence-corrected chi connectivity index (χ1v) is 11.3. The fourth-order valence-corrected chi connectivity index (χ4v) is 4.99. The van der Waals surface area contributed by atoms with Crippen molar-refractivity contribution in [2.75, 3.05) is 6.54 Å². The van der Waals surface area contributed by atoms with Crippen LogP contribution in [0.25, 0.3) is 11.3 Å². The molecule has 0 spiro atoms. The molecule has 2 heterocycles. The first kappa shape index (κ1) is 24.3. The number of thiophene rings is 1. The van der Waals surface area contributed by atoms with Crippen molar-refractivity contribution in [1.29, 1.82) is 0 Å². The molecule has 0 bridgehead atoms. The molecule has 3 rings (SSSR count). The van der Waals surface area contributed by atoms with E-state index in [4.69, 9.17) is 17.3 Å². The Bertz CT molecular complexity index is 1070. The Hall–Kier alpha value is -2.36. The summed E-state index contributed by atoms with van der Waals surface area (Å²) < 4.78 is 41.6. The maximum atomic E-state index is 13.3. The number of hydrogen-bond acceptors (Lipinski definition) is 4. The van der Waals surface area contributed by atoms with Gasteiger partial charge in [-0.05, 0) is 30.5 Å². The van der Waals surface area contributed by atoms with Gasteiger partial charge in [0.2, 0.25) is 0 Å². The summed E-state index contributed by atoms with van der Waals surface area (Å²) >= 11 is 7.64. The Balaban J connectivity index is 1.84. The number of amides is 1. The molecule has 1 aromatic carbocycles. The zero-order valence-corrected chi connectivity index (χ0v) is 19.2. The smallest absolute Gasteiger partial charge is 0.347 e. The van der Waals surface area contributed by atoms with Crippen LogP contribution in [0.2, 0.25) is 5.02 Å². The second-order valence-electron chi connectivity index (χ2n) is 7.43. The summed E-state index contributed by atoms with van der Waals surface area (Å²) in [5.74, 6) is -0.378. The Morgan fingerprint density at radius 2 is 2.06 bits per heavy atom. The summed E-state index contributed by atoms with van der Waals surface area (Å²) in [6.45, 7) is 2.04. The van der Waals surface area contributed by atoms with Crippen LogP contribution in [0.15, 0.2) is 36.5 Å². The van der Waals surface area contributed by atoms with Gasteiger partial charge in [0.05, 0.1) is 27.4 Å². The van der Waals surface area contributed by atoms with E-state index in [0.717, 1.165) is 35.0 Å². The summed E-state index contributed by atoms with van der Waals surface area (Å²) in [7, 11) is 1.77. The topological polar surface area (TPSA) is 72.9 Å². The highest BCUT2D eigenvalue weighted by atomic mass is 35.5. The van der Waals surface area contributed by atoms with E-state index in [1.165, 1.54) is 23.5 Å². The lowest BCUT2D eigenvalue weighted by Gasteiger charge is -2.19. The Morgan fingerprint density at radius 3 is 2.66 bits per heavy atom. The number of halogens is 4. The van der Waals surface area contributed by atoms with Crippen molar-refractivity contribution in [2.24, 2.45) is 12.8 Å². The van der Waals surface area contributed by atoms with Crippen LogP contribution in [0.1, 0.15) is 39.0 Å². The number of alkyl halides is 3. The van der Waals surface area contributed by atoms with Crippen molar-refractivity contribution in [3.63, 3.8) is 0 Å². The minimum atomic E-state index is -4.47. The standard InChI is InChI=1S/C22H24ClF3N4OS/c1-3-6-18-15(20-17(23)12-28-30(20)2)10-19(32-18)21(31)29-14(11-27)9-13-7-4-5-8-16(13)22(24,25)26/h4-5,7-8,10,12,14H,3,6,9,11,27H2,1-2H3,(H,29,31)/t14-/m0/s1. The lowest BCUT2D eigenvalue weighted by Crippen LogP contribution is -2.41. The van der Waals surface area contributed by atoms with Crippen molar-refractivity contribution in [3.8, 4) is 11.3 Å². The lowest BCUT2D eigenvalue weighted by molar-refractivity contribution is -0.138. The van der Waals surface area contributed by atoms with Gasteiger partial charge < -0.3 is 11.1 Å². The monoisotopic (exact) mass is 484 g/mol. The van der Waals surface area contributed by atoms with Gasteiger partial charge in [-0.15, -0.1) is 11.3 Å². The van der Waals surface area contributed by atoms with E-state index >= 15 is 0 Å². The zero-order chi connectivity index (χ0) is 23.5. The molecule has 0 saturated heterocycles. The van der Waals surface area contributed by atoms with Gasteiger partial charge in [0, 0.05) is 30.1 Å². The van der Waals surface area contributed by atoms with Crippen LogP contribution in [0, 0.1) is 0 Å². The number of aromatic nitrogens is 2. The first-order chi connectivity index (χ1) is 15.2. The van der Waals surface area contributed by atoms with Gasteiger partial charge in [-0.1, -0.05) is 43.1 Å². The molecule has 172 valence electrons. The average Bonchev–Trinajstić information content (AvgIpc) is 3.29. The molecule has 0 aliphatic rings. The highest BCUT2D eigenvalue weighted by Crippen LogP contribution is 2.36. The molecule has 3 aromatic rings. The van der Waals surface area contributed by atoms with Gasteiger partial charge in [0.1, 0.15) is 0 Å². The maximum absolute atomic E-state index is 13.3. The third-order valence-electron chi connectivity index (χ3n) is 5.07. The Labute approximate surface area is 193 Å². The molecule has 1 amide bonds. The zero-order valence-electron chi connectivity index (χ0n) is 17.7. The van der Waals surface area contributed by atoms with Gasteiger partial charge in [0.25, 0.3) is 5.91 Å². The Kier molecular flexibility index (Phi) is 7.63. The fourth-order valence-electron chi connectivity index (χ4n) is 3.56. The molecule has 0 aliphatic carbocycles. The van der Waals surface area contributed by atoms with Crippen LogP contribution in [0.4, 0.5) is 13.2 Å². The van der Waals surface area contributed by atoms with Gasteiger partial charge in [-0.2, -0.15) is 18.3 Å². The molecular weight excluding hydrogens is 461 g/mol. The van der Waals surface area contributed by atoms with Crippen LogP contribution in [0.3, 0.4) is 0 Å². The molecule has 32 heavy (non-hydrogen) atoms. The number of carbonyl (C=O) groups excluding carboxylic acids is 1. The highest BCUT2D eigenvalue weighted by molar-refractivity contribution is 7.14. The van der Waals surface area contributed by atoms with Gasteiger partial charge >= 0.3 is 6.18 Å². The number of rotatable bonds is 8. The molecule has 10 heteroatoms. The number of nitrogens with one attached hydrogen (secondary N) is 1. The van der Waals surface area contributed by atoms with Crippen molar-refractivity contribution >= 4 is 28.8 Å². The fraction of sp³-hybridized carbons (Fsp3) is 0.364. The van der Waals surface area contributed by atoms with E-state index in [-0.39, 0.29) is 24.4 Å².